The number of anilines is 3. The van der Waals surface area contributed by atoms with Crippen molar-refractivity contribution in [2.45, 2.75) is 26.3 Å². The van der Waals surface area contributed by atoms with Gasteiger partial charge in [-0.3, -0.25) is 0 Å². The number of carbonyl (C=O) groups is 1. The summed E-state index contributed by atoms with van der Waals surface area (Å²) in [6, 6.07) is 17.4. The molecule has 144 valence electrons. The standard InChI is InChI=1S/C21H22N4O3/c1-3-14(2)23-16-11-7-8-12-17(16)24-20-18(28-21(26)27)13-22-19(25-20)15-9-5-4-6-10-15/h4-14,23H,3H2,1-2H3,(H,26,27)(H,22,24,25). The van der Waals surface area contributed by atoms with Crippen LogP contribution in [-0.4, -0.2) is 27.3 Å². The summed E-state index contributed by atoms with van der Waals surface area (Å²) in [6.45, 7) is 4.19. The number of hydrogen-bond acceptors (Lipinski definition) is 6. The molecule has 3 aromatic rings. The molecule has 1 atom stereocenters. The van der Waals surface area contributed by atoms with Crippen molar-refractivity contribution in [2.75, 3.05) is 10.6 Å². The summed E-state index contributed by atoms with van der Waals surface area (Å²) < 4.78 is 4.86. The molecule has 0 aliphatic rings. The van der Waals surface area contributed by atoms with Crippen LogP contribution in [0.1, 0.15) is 20.3 Å². The van der Waals surface area contributed by atoms with E-state index in [9.17, 15) is 4.79 Å². The zero-order valence-corrected chi connectivity index (χ0v) is 15.7. The Hall–Kier alpha value is -3.61. The second-order valence-electron chi connectivity index (χ2n) is 6.26. The molecule has 28 heavy (non-hydrogen) atoms. The third-order valence-electron chi connectivity index (χ3n) is 4.18. The Morgan fingerprint density at radius 2 is 1.79 bits per heavy atom. The van der Waals surface area contributed by atoms with Crippen LogP contribution in [0.3, 0.4) is 0 Å². The molecule has 1 heterocycles. The zero-order valence-electron chi connectivity index (χ0n) is 15.7. The van der Waals surface area contributed by atoms with Gasteiger partial charge in [-0.15, -0.1) is 0 Å². The van der Waals surface area contributed by atoms with E-state index in [1.165, 1.54) is 6.20 Å². The van der Waals surface area contributed by atoms with Crippen LogP contribution >= 0.6 is 0 Å². The Morgan fingerprint density at radius 1 is 1.11 bits per heavy atom. The average Bonchev–Trinajstić information content (AvgIpc) is 2.71. The fourth-order valence-electron chi connectivity index (χ4n) is 2.57. The van der Waals surface area contributed by atoms with Crippen molar-refractivity contribution < 1.29 is 14.6 Å². The topological polar surface area (TPSA) is 96.4 Å². The fourth-order valence-corrected chi connectivity index (χ4v) is 2.57. The first-order valence-corrected chi connectivity index (χ1v) is 9.02. The molecular weight excluding hydrogens is 356 g/mol. The lowest BCUT2D eigenvalue weighted by Gasteiger charge is -2.18. The van der Waals surface area contributed by atoms with E-state index >= 15 is 0 Å². The summed E-state index contributed by atoms with van der Waals surface area (Å²) in [4.78, 5) is 19.8. The number of carboxylic acid groups (broad SMARTS) is 1. The van der Waals surface area contributed by atoms with Crippen LogP contribution < -0.4 is 15.4 Å². The van der Waals surface area contributed by atoms with Crippen LogP contribution in [0.25, 0.3) is 11.4 Å². The lowest BCUT2D eigenvalue weighted by Crippen LogP contribution is -2.15. The first-order chi connectivity index (χ1) is 13.6. The lowest BCUT2D eigenvalue weighted by molar-refractivity contribution is 0.144. The Bertz CT molecular complexity index is 947. The monoisotopic (exact) mass is 378 g/mol. The maximum absolute atomic E-state index is 11.1. The van der Waals surface area contributed by atoms with Gasteiger partial charge in [0.2, 0.25) is 0 Å². The molecule has 0 saturated heterocycles. The smallest absolute Gasteiger partial charge is 0.449 e. The largest absolute Gasteiger partial charge is 0.511 e. The van der Waals surface area contributed by atoms with Gasteiger partial charge in [-0.05, 0) is 25.5 Å². The molecule has 0 saturated carbocycles. The van der Waals surface area contributed by atoms with Crippen molar-refractivity contribution in [1.29, 1.82) is 0 Å². The van der Waals surface area contributed by atoms with E-state index in [1.807, 2.05) is 54.6 Å². The second-order valence-corrected chi connectivity index (χ2v) is 6.26. The van der Waals surface area contributed by atoms with Crippen LogP contribution in [0.4, 0.5) is 22.0 Å². The predicted molar refractivity (Wildman–Crippen MR) is 109 cm³/mol. The molecular formula is C21H22N4O3. The highest BCUT2D eigenvalue weighted by atomic mass is 16.7. The molecule has 1 unspecified atom stereocenters. The SMILES string of the molecule is CCC(C)Nc1ccccc1Nc1nc(-c2ccccc2)ncc1OC(=O)O. The number of ether oxygens (including phenoxy) is 1. The Balaban J connectivity index is 1.99. The van der Waals surface area contributed by atoms with E-state index in [1.54, 1.807) is 0 Å². The van der Waals surface area contributed by atoms with Gasteiger partial charge in [0.1, 0.15) is 0 Å². The number of hydrogen-bond donors (Lipinski definition) is 3. The van der Waals surface area contributed by atoms with Gasteiger partial charge >= 0.3 is 6.16 Å². The Labute approximate surface area is 163 Å². The van der Waals surface area contributed by atoms with Crippen LogP contribution in [0.15, 0.2) is 60.8 Å². The van der Waals surface area contributed by atoms with Crippen molar-refractivity contribution in [3.05, 3.63) is 60.8 Å². The number of nitrogens with zero attached hydrogens (tertiary/aromatic N) is 2. The Morgan fingerprint density at radius 3 is 2.46 bits per heavy atom. The van der Waals surface area contributed by atoms with Crippen molar-refractivity contribution in [3.63, 3.8) is 0 Å². The van der Waals surface area contributed by atoms with E-state index in [0.29, 0.717) is 5.82 Å². The van der Waals surface area contributed by atoms with Gasteiger partial charge in [-0.25, -0.2) is 14.8 Å². The number of rotatable bonds is 7. The predicted octanol–water partition coefficient (Wildman–Crippen LogP) is 5.15. The molecule has 0 fully saturated rings. The minimum Gasteiger partial charge on any atom is -0.449 e. The van der Waals surface area contributed by atoms with E-state index < -0.39 is 6.16 Å². The number of benzene rings is 2. The molecule has 2 aromatic carbocycles. The van der Waals surface area contributed by atoms with Crippen LogP contribution in [-0.2, 0) is 0 Å². The van der Waals surface area contributed by atoms with Gasteiger partial charge in [0.05, 0.1) is 17.6 Å². The van der Waals surface area contributed by atoms with Crippen molar-refractivity contribution in [3.8, 4) is 17.1 Å². The highest BCUT2D eigenvalue weighted by Gasteiger charge is 2.15. The van der Waals surface area contributed by atoms with Crippen molar-refractivity contribution >= 4 is 23.3 Å². The van der Waals surface area contributed by atoms with E-state index in [4.69, 9.17) is 9.84 Å². The molecule has 1 aromatic heterocycles. The Kier molecular flexibility index (Phi) is 6.06. The van der Waals surface area contributed by atoms with Gasteiger partial charge < -0.3 is 20.5 Å². The minimum atomic E-state index is -1.43. The summed E-state index contributed by atoms with van der Waals surface area (Å²) in [5.74, 6) is 0.772. The van der Waals surface area contributed by atoms with E-state index in [-0.39, 0.29) is 17.6 Å². The van der Waals surface area contributed by atoms with Gasteiger partial charge in [0, 0.05) is 11.6 Å². The maximum atomic E-state index is 11.1. The summed E-state index contributed by atoms with van der Waals surface area (Å²) in [6.07, 6.45) is 0.897. The summed E-state index contributed by atoms with van der Waals surface area (Å²) in [5.41, 5.74) is 2.46. The quantitative estimate of drug-likeness (QED) is 0.489. The third kappa shape index (κ3) is 4.76. The second kappa shape index (κ2) is 8.85. The molecule has 0 aliphatic carbocycles. The first-order valence-electron chi connectivity index (χ1n) is 9.02. The van der Waals surface area contributed by atoms with Crippen molar-refractivity contribution in [1.82, 2.24) is 9.97 Å². The molecule has 0 radical (unpaired) electrons. The molecule has 3 N–H and O–H groups in total. The van der Waals surface area contributed by atoms with E-state index in [2.05, 4.69) is 34.4 Å². The third-order valence-corrected chi connectivity index (χ3v) is 4.18. The van der Waals surface area contributed by atoms with Gasteiger partial charge in [0.15, 0.2) is 17.4 Å². The summed E-state index contributed by atoms with van der Waals surface area (Å²) in [7, 11) is 0. The molecule has 7 heteroatoms. The number of aromatic nitrogens is 2. The van der Waals surface area contributed by atoms with Crippen molar-refractivity contribution in [2.24, 2.45) is 0 Å². The fraction of sp³-hybridized carbons (Fsp3) is 0.190. The normalized spacial score (nSPS) is 11.5. The van der Waals surface area contributed by atoms with Crippen LogP contribution in [0.2, 0.25) is 0 Å². The average molecular weight is 378 g/mol. The molecule has 0 amide bonds. The molecule has 0 aliphatic heterocycles. The highest BCUT2D eigenvalue weighted by molar-refractivity contribution is 5.77. The van der Waals surface area contributed by atoms with Gasteiger partial charge in [0.25, 0.3) is 0 Å². The van der Waals surface area contributed by atoms with Gasteiger partial charge in [-0.2, -0.15) is 0 Å². The van der Waals surface area contributed by atoms with Crippen LogP contribution in [0.5, 0.6) is 5.75 Å². The highest BCUT2D eigenvalue weighted by Crippen LogP contribution is 2.31. The summed E-state index contributed by atoms with van der Waals surface area (Å²) in [5, 5.41) is 15.6. The van der Waals surface area contributed by atoms with Crippen LogP contribution in [0, 0.1) is 0 Å². The molecule has 7 nitrogen and oxygen atoms in total. The molecule has 0 spiro atoms. The summed E-state index contributed by atoms with van der Waals surface area (Å²) >= 11 is 0. The number of para-hydroxylation sites is 2. The molecule has 3 rings (SSSR count). The maximum Gasteiger partial charge on any atom is 0.511 e. The van der Waals surface area contributed by atoms with E-state index in [0.717, 1.165) is 23.4 Å². The first kappa shape index (κ1) is 19.2. The van der Waals surface area contributed by atoms with Gasteiger partial charge in [-0.1, -0.05) is 49.4 Å². The zero-order chi connectivity index (χ0) is 19.9. The number of nitrogens with one attached hydrogen (secondary N) is 2. The lowest BCUT2D eigenvalue weighted by atomic mass is 10.2. The minimum absolute atomic E-state index is 0.0329. The molecule has 0 bridgehead atoms.